The molecule has 0 spiro atoms. The number of carbonyl (C=O) groups is 1. The molecule has 1 saturated heterocycles. The maximum atomic E-state index is 11.7. The molecule has 1 amide bonds. The molecule has 1 aliphatic heterocycles. The molecule has 4 aromatic rings. The number of carbonyl (C=O) groups excluding carboxylic acids is 1. The van der Waals surface area contributed by atoms with Crippen LogP contribution in [0.3, 0.4) is 0 Å². The summed E-state index contributed by atoms with van der Waals surface area (Å²) in [6.45, 7) is 4.28. The summed E-state index contributed by atoms with van der Waals surface area (Å²) in [6.07, 6.45) is 12.9. The number of hydrogen-bond acceptors (Lipinski definition) is 9. The minimum absolute atomic E-state index is 0.0316. The predicted molar refractivity (Wildman–Crippen MR) is 170 cm³/mol. The summed E-state index contributed by atoms with van der Waals surface area (Å²) in [4.78, 5) is 28.0. The molecule has 3 aliphatic rings. The van der Waals surface area contributed by atoms with Gasteiger partial charge in [0.2, 0.25) is 17.6 Å². The summed E-state index contributed by atoms with van der Waals surface area (Å²) in [5.74, 6) is 2.15. The number of amides is 1. The van der Waals surface area contributed by atoms with Gasteiger partial charge >= 0.3 is 0 Å². The van der Waals surface area contributed by atoms with Crippen LogP contribution in [0.15, 0.2) is 65.4 Å². The highest BCUT2D eigenvalue weighted by molar-refractivity contribution is 5.94. The lowest BCUT2D eigenvalue weighted by atomic mass is 9.84. The van der Waals surface area contributed by atoms with Crippen LogP contribution in [-0.2, 0) is 0 Å². The topological polar surface area (TPSA) is 135 Å². The molecule has 10 heteroatoms. The van der Waals surface area contributed by atoms with E-state index in [-0.39, 0.29) is 11.6 Å². The van der Waals surface area contributed by atoms with Crippen LogP contribution in [-0.4, -0.2) is 56.7 Å². The van der Waals surface area contributed by atoms with Gasteiger partial charge in [0.15, 0.2) is 0 Å². The van der Waals surface area contributed by atoms with Crippen LogP contribution in [0.25, 0.3) is 22.6 Å². The van der Waals surface area contributed by atoms with E-state index in [1.807, 2.05) is 42.7 Å². The normalized spacial score (nSPS) is 23.8. The van der Waals surface area contributed by atoms with Crippen molar-refractivity contribution in [1.29, 1.82) is 0 Å². The van der Waals surface area contributed by atoms with E-state index in [9.17, 15) is 4.79 Å². The fourth-order valence-corrected chi connectivity index (χ4v) is 6.77. The molecule has 3 atom stereocenters. The Labute approximate surface area is 257 Å². The lowest BCUT2D eigenvalue weighted by Crippen LogP contribution is -2.61. The first-order valence-electron chi connectivity index (χ1n) is 15.9. The number of nitrogens with one attached hydrogen (secondary N) is 2. The van der Waals surface area contributed by atoms with E-state index >= 15 is 0 Å². The lowest BCUT2D eigenvalue weighted by Gasteiger charge is -2.46. The molecule has 10 nitrogen and oxygen atoms in total. The number of piperidine rings is 1. The van der Waals surface area contributed by atoms with Crippen LogP contribution in [0, 0.1) is 0 Å². The Bertz CT molecular complexity index is 1620. The molecule has 0 radical (unpaired) electrons. The average molecular weight is 593 g/mol. The molecule has 2 saturated carbocycles. The maximum absolute atomic E-state index is 11.7. The molecule has 4 N–H and O–H groups in total. The standard InChI is InChI=1S/C34H40N8O2/c1-34(15-5-17-42(21-34)26-12-13-29(37-20-26)32-39-33(44-41-32)22-10-11-22)40-28-9-3-2-8-27(28)38-30-19-24(14-16-36-30)23-6-4-7-25(18-23)31(35)43/h4,6-7,12-14,16,18-20,22,27-28,40H,2-3,5,8-11,15,17,21H2,1H3,(H2,35,43)(H,36,38)/t27-,28-,34+/m1/s1. The zero-order chi connectivity index (χ0) is 30.1. The number of primary amides is 1. The first-order valence-corrected chi connectivity index (χ1v) is 15.9. The highest BCUT2D eigenvalue weighted by Gasteiger charge is 2.36. The van der Waals surface area contributed by atoms with Gasteiger partial charge in [-0.1, -0.05) is 30.1 Å². The molecule has 1 aromatic carbocycles. The number of aromatic nitrogens is 4. The zero-order valence-electron chi connectivity index (χ0n) is 25.2. The maximum Gasteiger partial charge on any atom is 0.248 e. The molecule has 3 fully saturated rings. The summed E-state index contributed by atoms with van der Waals surface area (Å²) in [5.41, 5.74) is 9.80. The number of hydrogen-bond donors (Lipinski definition) is 3. The molecule has 0 unspecified atom stereocenters. The zero-order valence-corrected chi connectivity index (χ0v) is 25.2. The van der Waals surface area contributed by atoms with Gasteiger partial charge in [-0.05, 0) is 93.0 Å². The fraction of sp³-hybridized carbons (Fsp3) is 0.441. The van der Waals surface area contributed by atoms with Crippen molar-refractivity contribution in [1.82, 2.24) is 25.4 Å². The molecule has 4 heterocycles. The van der Waals surface area contributed by atoms with Crippen molar-refractivity contribution in [3.63, 3.8) is 0 Å². The first kappa shape index (κ1) is 28.5. The van der Waals surface area contributed by atoms with Gasteiger partial charge in [0.25, 0.3) is 0 Å². The Balaban J connectivity index is 1.02. The molecule has 228 valence electrons. The minimum Gasteiger partial charge on any atom is -0.368 e. The van der Waals surface area contributed by atoms with Gasteiger partial charge in [-0.2, -0.15) is 4.98 Å². The summed E-state index contributed by atoms with van der Waals surface area (Å²) < 4.78 is 5.43. The fourth-order valence-electron chi connectivity index (χ4n) is 6.77. The van der Waals surface area contributed by atoms with Crippen molar-refractivity contribution < 1.29 is 9.32 Å². The van der Waals surface area contributed by atoms with E-state index < -0.39 is 5.91 Å². The van der Waals surface area contributed by atoms with Crippen LogP contribution < -0.4 is 21.3 Å². The number of nitrogens with two attached hydrogens (primary N) is 1. The van der Waals surface area contributed by atoms with Crippen LogP contribution in [0.2, 0.25) is 0 Å². The van der Waals surface area contributed by atoms with Gasteiger partial charge in [-0.3, -0.25) is 9.78 Å². The van der Waals surface area contributed by atoms with Gasteiger partial charge in [0, 0.05) is 48.4 Å². The van der Waals surface area contributed by atoms with E-state index in [1.165, 1.54) is 12.8 Å². The number of rotatable bonds is 9. The monoisotopic (exact) mass is 592 g/mol. The smallest absolute Gasteiger partial charge is 0.248 e. The summed E-state index contributed by atoms with van der Waals surface area (Å²) >= 11 is 0. The van der Waals surface area contributed by atoms with Crippen molar-refractivity contribution >= 4 is 17.4 Å². The molecular formula is C34H40N8O2. The molecule has 0 bridgehead atoms. The highest BCUT2D eigenvalue weighted by atomic mass is 16.5. The quantitative estimate of drug-likeness (QED) is 0.229. The summed E-state index contributed by atoms with van der Waals surface area (Å²) in [5, 5.41) is 12.0. The Hall–Kier alpha value is -4.31. The van der Waals surface area contributed by atoms with Gasteiger partial charge < -0.3 is 25.8 Å². The highest BCUT2D eigenvalue weighted by Crippen LogP contribution is 2.39. The molecule has 7 rings (SSSR count). The second-order valence-electron chi connectivity index (χ2n) is 12.9. The van der Waals surface area contributed by atoms with Crippen molar-refractivity contribution in [2.24, 2.45) is 5.73 Å². The van der Waals surface area contributed by atoms with E-state index in [4.69, 9.17) is 15.2 Å². The first-order chi connectivity index (χ1) is 21.4. The van der Waals surface area contributed by atoms with Gasteiger partial charge in [0.1, 0.15) is 11.5 Å². The largest absolute Gasteiger partial charge is 0.368 e. The van der Waals surface area contributed by atoms with E-state index in [0.29, 0.717) is 23.3 Å². The Kier molecular flexibility index (Phi) is 7.76. The number of pyridine rings is 2. The van der Waals surface area contributed by atoms with Crippen molar-refractivity contribution in [3.8, 4) is 22.6 Å². The Morgan fingerprint density at radius 1 is 1.00 bits per heavy atom. The Morgan fingerprint density at radius 2 is 1.84 bits per heavy atom. The summed E-state index contributed by atoms with van der Waals surface area (Å²) in [7, 11) is 0. The van der Waals surface area contributed by atoms with E-state index in [1.54, 1.807) is 6.07 Å². The minimum atomic E-state index is -0.426. The van der Waals surface area contributed by atoms with Gasteiger partial charge in [-0.25, -0.2) is 4.98 Å². The summed E-state index contributed by atoms with van der Waals surface area (Å²) in [6, 6.07) is 16.2. The third-order valence-electron chi connectivity index (χ3n) is 9.28. The van der Waals surface area contributed by atoms with Crippen LogP contribution in [0.5, 0.6) is 0 Å². The van der Waals surface area contributed by atoms with Crippen LogP contribution in [0.4, 0.5) is 11.5 Å². The third-order valence-corrected chi connectivity index (χ3v) is 9.28. The number of anilines is 2. The predicted octanol–water partition coefficient (Wildman–Crippen LogP) is 5.54. The number of nitrogens with zero attached hydrogens (tertiary/aromatic N) is 5. The van der Waals surface area contributed by atoms with E-state index in [2.05, 4.69) is 49.7 Å². The Morgan fingerprint density at radius 3 is 2.64 bits per heavy atom. The SMILES string of the molecule is C[C@]1(N[C@@H]2CCCC[C@H]2Nc2cc(-c3cccc(C(N)=O)c3)ccn2)CCCN(c2ccc(-c3noc(C4CC4)n3)nc2)C1. The second kappa shape index (κ2) is 12.0. The van der Waals surface area contributed by atoms with Gasteiger partial charge in [0.05, 0.1) is 11.9 Å². The molecular weight excluding hydrogens is 552 g/mol. The molecule has 2 aliphatic carbocycles. The van der Waals surface area contributed by atoms with Crippen molar-refractivity contribution in [3.05, 3.63) is 72.4 Å². The van der Waals surface area contributed by atoms with Crippen LogP contribution in [0.1, 0.15) is 80.5 Å². The molecule has 44 heavy (non-hydrogen) atoms. The third kappa shape index (κ3) is 6.31. The number of benzene rings is 1. The van der Waals surface area contributed by atoms with Gasteiger partial charge in [-0.15, -0.1) is 0 Å². The van der Waals surface area contributed by atoms with Crippen molar-refractivity contribution in [2.75, 3.05) is 23.3 Å². The average Bonchev–Trinajstić information content (AvgIpc) is 3.78. The van der Waals surface area contributed by atoms with Crippen molar-refractivity contribution in [2.45, 2.75) is 81.8 Å². The molecule has 3 aromatic heterocycles. The van der Waals surface area contributed by atoms with E-state index in [0.717, 1.165) is 85.8 Å². The second-order valence-corrected chi connectivity index (χ2v) is 12.9. The lowest BCUT2D eigenvalue weighted by molar-refractivity contribution is 0.100. The van der Waals surface area contributed by atoms with Crippen LogP contribution >= 0.6 is 0 Å².